The van der Waals surface area contributed by atoms with Gasteiger partial charge in [-0.25, -0.2) is 4.79 Å². The minimum atomic E-state index is -1.04. The molecule has 5 fully saturated rings. The SMILES string of the molecule is COC12CCCC3(CC1C(C)(O)C(C)(C)C)C1Cc4ccc(OC(=O)OCCC(O)CO)c5c4C3(CCN1CC1CC1)C2(C)O5. The van der Waals surface area contributed by atoms with E-state index in [4.69, 9.17) is 24.1 Å². The van der Waals surface area contributed by atoms with Gasteiger partial charge < -0.3 is 34.3 Å². The second-order valence-corrected chi connectivity index (χ2v) is 16.5. The van der Waals surface area contributed by atoms with Gasteiger partial charge in [0.2, 0.25) is 0 Å². The van der Waals surface area contributed by atoms with Crippen molar-refractivity contribution in [1.29, 1.82) is 0 Å². The van der Waals surface area contributed by atoms with E-state index in [1.165, 1.54) is 24.0 Å². The normalized spacial score (nSPS) is 38.5. The molecule has 2 spiro atoms. The number of methoxy groups -OCH3 is 1. The summed E-state index contributed by atoms with van der Waals surface area (Å²) in [7, 11) is 1.80. The molecule has 2 aliphatic heterocycles. The van der Waals surface area contributed by atoms with Crippen LogP contribution in [-0.2, 0) is 21.3 Å². The van der Waals surface area contributed by atoms with E-state index in [9.17, 15) is 15.0 Å². The van der Waals surface area contributed by atoms with Gasteiger partial charge in [0.15, 0.2) is 11.5 Å². The summed E-state index contributed by atoms with van der Waals surface area (Å²) >= 11 is 0. The van der Waals surface area contributed by atoms with E-state index in [2.05, 4.69) is 38.7 Å². The highest BCUT2D eigenvalue weighted by Crippen LogP contribution is 2.80. The Balaban J connectivity index is 1.38. The molecule has 45 heavy (non-hydrogen) atoms. The highest BCUT2D eigenvalue weighted by Gasteiger charge is 2.85. The van der Waals surface area contributed by atoms with Crippen molar-refractivity contribution in [3.63, 3.8) is 0 Å². The molecule has 1 saturated heterocycles. The average molecular weight is 628 g/mol. The number of carbonyl (C=O) groups is 1. The van der Waals surface area contributed by atoms with Crippen LogP contribution in [0.5, 0.6) is 11.5 Å². The molecule has 8 atom stereocenters. The molecule has 1 aromatic rings. The number of piperidine rings is 1. The third kappa shape index (κ3) is 4.06. The fraction of sp³-hybridized carbons (Fsp3) is 0.806. The number of carbonyl (C=O) groups excluding carboxylic acids is 1. The predicted molar refractivity (Wildman–Crippen MR) is 167 cm³/mol. The van der Waals surface area contributed by atoms with Crippen LogP contribution >= 0.6 is 0 Å². The molecule has 2 heterocycles. The monoisotopic (exact) mass is 627 g/mol. The molecule has 9 nitrogen and oxygen atoms in total. The second-order valence-electron chi connectivity index (χ2n) is 16.5. The van der Waals surface area contributed by atoms with Gasteiger partial charge in [-0.3, -0.25) is 4.90 Å². The van der Waals surface area contributed by atoms with Crippen LogP contribution in [0.3, 0.4) is 0 Å². The van der Waals surface area contributed by atoms with Crippen molar-refractivity contribution in [2.75, 3.05) is 33.4 Å². The van der Waals surface area contributed by atoms with Crippen LogP contribution in [0.25, 0.3) is 0 Å². The molecular formula is C36H53NO8. The van der Waals surface area contributed by atoms with Gasteiger partial charge in [-0.2, -0.15) is 0 Å². The van der Waals surface area contributed by atoms with Gasteiger partial charge in [0.05, 0.1) is 30.3 Å². The van der Waals surface area contributed by atoms with Crippen LogP contribution in [0.2, 0.25) is 0 Å². The summed E-state index contributed by atoms with van der Waals surface area (Å²) in [5.74, 6) is 1.55. The van der Waals surface area contributed by atoms with Crippen LogP contribution in [-0.4, -0.2) is 88.7 Å². The molecule has 0 aromatic heterocycles. The lowest BCUT2D eigenvalue weighted by Crippen LogP contribution is -2.83. The number of hydrogen-bond acceptors (Lipinski definition) is 9. The maximum absolute atomic E-state index is 12.9. The maximum atomic E-state index is 12.9. The van der Waals surface area contributed by atoms with Crippen LogP contribution in [0.1, 0.15) is 97.1 Å². The second kappa shape index (κ2) is 10.3. The fourth-order valence-electron chi connectivity index (χ4n) is 11.1. The molecule has 3 N–H and O–H groups in total. The van der Waals surface area contributed by atoms with Gasteiger partial charge in [0.25, 0.3) is 0 Å². The number of aliphatic hydroxyl groups excluding tert-OH is 2. The quantitative estimate of drug-likeness (QED) is 0.263. The van der Waals surface area contributed by atoms with Crippen molar-refractivity contribution < 1.29 is 39.1 Å². The molecule has 4 saturated carbocycles. The first-order valence-electron chi connectivity index (χ1n) is 17.2. The van der Waals surface area contributed by atoms with Gasteiger partial charge >= 0.3 is 6.16 Å². The van der Waals surface area contributed by atoms with Gasteiger partial charge in [-0.1, -0.05) is 26.8 Å². The molecule has 9 heteroatoms. The molecule has 0 amide bonds. The third-order valence-corrected chi connectivity index (χ3v) is 13.8. The number of benzene rings is 1. The molecule has 250 valence electrons. The smallest absolute Gasteiger partial charge is 0.479 e. The summed E-state index contributed by atoms with van der Waals surface area (Å²) in [6, 6.07) is 4.29. The van der Waals surface area contributed by atoms with Crippen molar-refractivity contribution in [1.82, 2.24) is 4.90 Å². The lowest BCUT2D eigenvalue weighted by Gasteiger charge is -2.73. The first kappa shape index (κ1) is 31.7. The van der Waals surface area contributed by atoms with E-state index in [0.717, 1.165) is 57.5 Å². The zero-order valence-electron chi connectivity index (χ0n) is 28.0. The lowest BCUT2D eigenvalue weighted by molar-refractivity contribution is -0.305. The summed E-state index contributed by atoms with van der Waals surface area (Å²) in [4.78, 5) is 15.7. The molecule has 5 aliphatic carbocycles. The van der Waals surface area contributed by atoms with E-state index in [1.54, 1.807) is 7.11 Å². The zero-order valence-corrected chi connectivity index (χ0v) is 28.0. The number of hydrogen-bond donors (Lipinski definition) is 3. The van der Waals surface area contributed by atoms with Crippen LogP contribution in [0.15, 0.2) is 12.1 Å². The summed E-state index contributed by atoms with van der Waals surface area (Å²) < 4.78 is 25.3. The fourth-order valence-corrected chi connectivity index (χ4v) is 11.1. The summed E-state index contributed by atoms with van der Waals surface area (Å²) in [6.45, 7) is 12.3. The molecular weight excluding hydrogens is 574 g/mol. The van der Waals surface area contributed by atoms with E-state index in [-0.39, 0.29) is 29.8 Å². The van der Waals surface area contributed by atoms with Gasteiger partial charge in [0, 0.05) is 43.0 Å². The van der Waals surface area contributed by atoms with Gasteiger partial charge in [-0.15, -0.1) is 0 Å². The van der Waals surface area contributed by atoms with E-state index < -0.39 is 41.1 Å². The third-order valence-electron chi connectivity index (χ3n) is 13.8. The minimum Gasteiger partial charge on any atom is -0.479 e. The number of ether oxygens (including phenoxy) is 4. The Morgan fingerprint density at radius 1 is 1.18 bits per heavy atom. The largest absolute Gasteiger partial charge is 0.513 e. The highest BCUT2D eigenvalue weighted by atomic mass is 16.7. The maximum Gasteiger partial charge on any atom is 0.513 e. The summed E-state index contributed by atoms with van der Waals surface area (Å²) in [6.07, 6.45) is 6.44. The number of likely N-dealkylation sites (tertiary alicyclic amines) is 1. The van der Waals surface area contributed by atoms with E-state index in [0.29, 0.717) is 17.5 Å². The van der Waals surface area contributed by atoms with E-state index >= 15 is 0 Å². The van der Waals surface area contributed by atoms with Crippen LogP contribution in [0.4, 0.5) is 4.79 Å². The number of nitrogens with zero attached hydrogens (tertiary/aromatic N) is 1. The van der Waals surface area contributed by atoms with Crippen molar-refractivity contribution in [3.8, 4) is 11.5 Å². The Kier molecular flexibility index (Phi) is 7.25. The number of aliphatic hydroxyl groups is 3. The zero-order chi connectivity index (χ0) is 32.2. The molecule has 0 radical (unpaired) electrons. The van der Waals surface area contributed by atoms with Crippen LogP contribution in [0, 0.1) is 22.7 Å². The van der Waals surface area contributed by atoms with Crippen molar-refractivity contribution >= 4 is 6.16 Å². The lowest BCUT2D eigenvalue weighted by atomic mass is 9.35. The Bertz CT molecular complexity index is 1350. The number of rotatable bonds is 9. The Morgan fingerprint density at radius 2 is 1.93 bits per heavy atom. The predicted octanol–water partition coefficient (Wildman–Crippen LogP) is 4.75. The molecule has 8 unspecified atom stereocenters. The van der Waals surface area contributed by atoms with Gasteiger partial charge in [-0.05, 0) is 94.7 Å². The molecule has 8 rings (SSSR count). The van der Waals surface area contributed by atoms with Crippen LogP contribution < -0.4 is 9.47 Å². The van der Waals surface area contributed by atoms with Crippen molar-refractivity contribution in [2.24, 2.45) is 22.7 Å². The Morgan fingerprint density at radius 3 is 2.60 bits per heavy atom. The molecule has 1 aromatic carbocycles. The topological polar surface area (TPSA) is 118 Å². The standard InChI is InChI=1S/C36H53NO8/c1-31(2,3)32(4,41)26-19-34-13-7-14-36(26,42-6)33(5)35(34)15-16-37(20-22-8-9-22)27(34)18-23-10-11-25(29(45-33)28(23)35)44-30(40)43-17-12-24(39)21-38/h10-11,22,24,26-27,38-39,41H,7-9,12-21H2,1-6H3. The number of fused-ring (bicyclic) bond motifs is 3. The Labute approximate surface area is 267 Å². The van der Waals surface area contributed by atoms with Crippen molar-refractivity contribution in [2.45, 2.75) is 127 Å². The van der Waals surface area contributed by atoms with Gasteiger partial charge in [0.1, 0.15) is 11.2 Å². The summed E-state index contributed by atoms with van der Waals surface area (Å²) in [5, 5.41) is 31.4. The van der Waals surface area contributed by atoms with E-state index in [1.807, 2.05) is 13.0 Å². The highest BCUT2D eigenvalue weighted by molar-refractivity contribution is 5.70. The molecule has 4 bridgehead atoms. The summed E-state index contributed by atoms with van der Waals surface area (Å²) in [5.41, 5.74) is -1.13. The van der Waals surface area contributed by atoms with Crippen molar-refractivity contribution in [3.05, 3.63) is 23.3 Å². The average Bonchev–Trinajstić information content (AvgIpc) is 3.78. The first-order valence-corrected chi connectivity index (χ1v) is 17.2. The first-order chi connectivity index (χ1) is 21.2. The minimum absolute atomic E-state index is 0.0681. The Hall–Kier alpha value is -1.91. The molecule has 7 aliphatic rings.